The third-order valence-electron chi connectivity index (χ3n) is 3.14. The van der Waals surface area contributed by atoms with Crippen LogP contribution in [0.5, 0.6) is 0 Å². The molecule has 0 aliphatic carbocycles. The molecule has 2 aromatic rings. The van der Waals surface area contributed by atoms with Gasteiger partial charge in [0.2, 0.25) is 0 Å². The van der Waals surface area contributed by atoms with Gasteiger partial charge in [0.05, 0.1) is 12.8 Å². The van der Waals surface area contributed by atoms with Crippen molar-refractivity contribution >= 4 is 17.2 Å². The molecule has 0 aliphatic heterocycles. The van der Waals surface area contributed by atoms with Gasteiger partial charge in [0, 0.05) is 17.7 Å². The van der Waals surface area contributed by atoms with Gasteiger partial charge in [0.1, 0.15) is 16.6 Å². The fraction of sp³-hybridized carbons (Fsp3) is 0.267. The summed E-state index contributed by atoms with van der Waals surface area (Å²) in [6.07, 6.45) is 1.64. The Kier molecular flexibility index (Phi) is 4.87. The number of benzene rings is 1. The van der Waals surface area contributed by atoms with Gasteiger partial charge in [0.15, 0.2) is 0 Å². The van der Waals surface area contributed by atoms with Crippen molar-refractivity contribution < 1.29 is 8.81 Å². The van der Waals surface area contributed by atoms with E-state index >= 15 is 0 Å². The Hall–Kier alpha value is -1.72. The van der Waals surface area contributed by atoms with Gasteiger partial charge >= 0.3 is 0 Å². The lowest BCUT2D eigenvalue weighted by Crippen LogP contribution is -2.22. The van der Waals surface area contributed by atoms with Gasteiger partial charge in [-0.3, -0.25) is 4.90 Å². The molecule has 20 heavy (non-hydrogen) atoms. The van der Waals surface area contributed by atoms with Gasteiger partial charge in [-0.05, 0) is 24.7 Å². The summed E-state index contributed by atoms with van der Waals surface area (Å²) in [7, 11) is 0. The summed E-state index contributed by atoms with van der Waals surface area (Å²) in [6, 6.07) is 8.63. The molecule has 0 atom stereocenters. The van der Waals surface area contributed by atoms with Crippen molar-refractivity contribution in [3.63, 3.8) is 0 Å². The summed E-state index contributed by atoms with van der Waals surface area (Å²) >= 11 is 4.84. The largest absolute Gasteiger partial charge is 0.468 e. The second kappa shape index (κ2) is 6.63. The van der Waals surface area contributed by atoms with Gasteiger partial charge in [-0.25, -0.2) is 4.39 Å². The predicted octanol–water partition coefficient (Wildman–Crippen LogP) is 3.08. The number of thiocarbonyl (C=S) groups is 1. The Balaban J connectivity index is 2.09. The minimum Gasteiger partial charge on any atom is -0.468 e. The summed E-state index contributed by atoms with van der Waals surface area (Å²) in [5, 5.41) is 0. The van der Waals surface area contributed by atoms with Crippen LogP contribution in [0, 0.1) is 5.82 Å². The summed E-state index contributed by atoms with van der Waals surface area (Å²) in [4.78, 5) is 2.30. The number of hydrogen-bond acceptors (Lipinski definition) is 3. The molecule has 0 saturated heterocycles. The second-order valence-corrected chi connectivity index (χ2v) is 4.99. The molecule has 1 aromatic heterocycles. The number of nitrogens with two attached hydrogens (primary N) is 1. The summed E-state index contributed by atoms with van der Waals surface area (Å²) in [6.45, 7) is 4.00. The monoisotopic (exact) mass is 292 g/mol. The highest BCUT2D eigenvalue weighted by atomic mass is 32.1. The highest BCUT2D eigenvalue weighted by Crippen LogP contribution is 2.15. The standard InChI is InChI=1S/C15H17FN2OS/c1-2-18(10-13-4-3-7-19-13)9-12-6-5-11(15(17)20)8-14(12)16/h3-8H,2,9-10H2,1H3,(H2,17,20). The fourth-order valence-corrected chi connectivity index (χ4v) is 2.10. The van der Waals surface area contributed by atoms with Crippen LogP contribution in [0.3, 0.4) is 0 Å². The fourth-order valence-electron chi connectivity index (χ4n) is 1.97. The van der Waals surface area contributed by atoms with E-state index in [2.05, 4.69) is 4.90 Å². The van der Waals surface area contributed by atoms with E-state index in [-0.39, 0.29) is 10.8 Å². The topological polar surface area (TPSA) is 42.4 Å². The van der Waals surface area contributed by atoms with Gasteiger partial charge in [-0.15, -0.1) is 0 Å². The van der Waals surface area contributed by atoms with Gasteiger partial charge in [-0.1, -0.05) is 31.3 Å². The molecule has 0 fully saturated rings. The van der Waals surface area contributed by atoms with Crippen molar-refractivity contribution in [2.45, 2.75) is 20.0 Å². The van der Waals surface area contributed by atoms with Crippen molar-refractivity contribution in [3.05, 3.63) is 59.3 Å². The molecule has 0 spiro atoms. The molecule has 3 nitrogen and oxygen atoms in total. The van der Waals surface area contributed by atoms with Crippen LogP contribution in [0.25, 0.3) is 0 Å². The van der Waals surface area contributed by atoms with Crippen LogP contribution in [0.4, 0.5) is 4.39 Å². The molecule has 0 unspecified atom stereocenters. The lowest BCUT2D eigenvalue weighted by atomic mass is 10.1. The van der Waals surface area contributed by atoms with Crippen LogP contribution >= 0.6 is 12.2 Å². The molecule has 0 radical (unpaired) electrons. The predicted molar refractivity (Wildman–Crippen MR) is 80.8 cm³/mol. The van der Waals surface area contributed by atoms with Crippen molar-refractivity contribution in [3.8, 4) is 0 Å². The van der Waals surface area contributed by atoms with Gasteiger partial charge in [0.25, 0.3) is 0 Å². The van der Waals surface area contributed by atoms with E-state index in [9.17, 15) is 4.39 Å². The van der Waals surface area contributed by atoms with Crippen LogP contribution in [0.2, 0.25) is 0 Å². The molecule has 0 saturated carbocycles. The normalized spacial score (nSPS) is 10.9. The Bertz CT molecular complexity index is 584. The van der Waals surface area contributed by atoms with Crippen LogP contribution in [0.1, 0.15) is 23.8 Å². The van der Waals surface area contributed by atoms with Gasteiger partial charge in [-0.2, -0.15) is 0 Å². The van der Waals surface area contributed by atoms with Crippen LogP contribution in [-0.2, 0) is 13.1 Å². The zero-order chi connectivity index (χ0) is 14.5. The van der Waals surface area contributed by atoms with Crippen molar-refractivity contribution in [2.24, 2.45) is 5.73 Å². The third kappa shape index (κ3) is 3.65. The quantitative estimate of drug-likeness (QED) is 0.831. The summed E-state index contributed by atoms with van der Waals surface area (Å²) in [5.41, 5.74) is 6.67. The first-order valence-electron chi connectivity index (χ1n) is 6.43. The van der Waals surface area contributed by atoms with E-state index < -0.39 is 0 Å². The number of halogens is 1. The van der Waals surface area contributed by atoms with Crippen molar-refractivity contribution in [1.82, 2.24) is 4.90 Å². The highest BCUT2D eigenvalue weighted by Gasteiger charge is 2.11. The maximum Gasteiger partial charge on any atom is 0.128 e. The van der Waals surface area contributed by atoms with Crippen LogP contribution < -0.4 is 5.73 Å². The summed E-state index contributed by atoms with van der Waals surface area (Å²) in [5.74, 6) is 0.584. The molecular weight excluding hydrogens is 275 g/mol. The minimum absolute atomic E-state index is 0.207. The molecule has 1 aromatic carbocycles. The molecule has 0 aliphatic rings. The number of nitrogens with zero attached hydrogens (tertiary/aromatic N) is 1. The maximum atomic E-state index is 14.0. The first-order chi connectivity index (χ1) is 9.60. The SMILES string of the molecule is CCN(Cc1ccco1)Cc1ccc(C(N)=S)cc1F. The Morgan fingerprint density at radius 2 is 2.15 bits per heavy atom. The van der Waals surface area contributed by atoms with E-state index in [4.69, 9.17) is 22.4 Å². The van der Waals surface area contributed by atoms with Crippen LogP contribution in [0.15, 0.2) is 41.0 Å². The third-order valence-corrected chi connectivity index (χ3v) is 3.37. The highest BCUT2D eigenvalue weighted by molar-refractivity contribution is 7.80. The molecule has 106 valence electrons. The molecular formula is C15H17FN2OS. The van der Waals surface area contributed by atoms with E-state index in [0.717, 1.165) is 12.3 Å². The lowest BCUT2D eigenvalue weighted by Gasteiger charge is -2.19. The molecule has 1 heterocycles. The average Bonchev–Trinajstić information content (AvgIpc) is 2.92. The average molecular weight is 292 g/mol. The first kappa shape index (κ1) is 14.7. The maximum absolute atomic E-state index is 14.0. The zero-order valence-corrected chi connectivity index (χ0v) is 12.1. The Morgan fingerprint density at radius 3 is 2.70 bits per heavy atom. The minimum atomic E-state index is -0.284. The van der Waals surface area contributed by atoms with E-state index in [1.807, 2.05) is 19.1 Å². The molecule has 2 rings (SSSR count). The number of rotatable bonds is 6. The number of hydrogen-bond donors (Lipinski definition) is 1. The Morgan fingerprint density at radius 1 is 1.35 bits per heavy atom. The molecule has 5 heteroatoms. The first-order valence-corrected chi connectivity index (χ1v) is 6.84. The smallest absolute Gasteiger partial charge is 0.128 e. The van der Waals surface area contributed by atoms with Crippen molar-refractivity contribution in [2.75, 3.05) is 6.54 Å². The zero-order valence-electron chi connectivity index (χ0n) is 11.3. The summed E-state index contributed by atoms with van der Waals surface area (Å²) < 4.78 is 19.3. The molecule has 0 amide bonds. The number of furan rings is 1. The molecule has 0 bridgehead atoms. The van der Waals surface area contributed by atoms with E-state index in [1.165, 1.54) is 6.07 Å². The van der Waals surface area contributed by atoms with Crippen molar-refractivity contribution in [1.29, 1.82) is 0 Å². The second-order valence-electron chi connectivity index (χ2n) is 4.55. The lowest BCUT2D eigenvalue weighted by molar-refractivity contribution is 0.244. The van der Waals surface area contributed by atoms with Gasteiger partial charge < -0.3 is 10.2 Å². The Labute approximate surface area is 123 Å². The van der Waals surface area contributed by atoms with Crippen LogP contribution in [-0.4, -0.2) is 16.4 Å². The molecule has 2 N–H and O–H groups in total. The van der Waals surface area contributed by atoms with E-state index in [0.29, 0.717) is 24.2 Å². The van der Waals surface area contributed by atoms with E-state index in [1.54, 1.807) is 18.4 Å².